The molecule has 0 fully saturated rings. The first-order valence-corrected chi connectivity index (χ1v) is 7.26. The number of aromatic amines is 1. The number of amides is 1. The summed E-state index contributed by atoms with van der Waals surface area (Å²) in [7, 11) is 0. The first-order chi connectivity index (χ1) is 11.9. The molecule has 128 valence electrons. The molecule has 1 aromatic heterocycles. The van der Waals surface area contributed by atoms with Gasteiger partial charge in [0.25, 0.3) is 5.91 Å². The summed E-state index contributed by atoms with van der Waals surface area (Å²) < 4.78 is 51.9. The van der Waals surface area contributed by atoms with Gasteiger partial charge in [0, 0.05) is 23.6 Å². The number of hydrogen-bond donors (Lipinski definition) is 2. The molecule has 3 nitrogen and oxygen atoms in total. The highest BCUT2D eigenvalue weighted by Gasteiger charge is 2.36. The Hall–Kier alpha value is -3.09. The van der Waals surface area contributed by atoms with Gasteiger partial charge in [0.15, 0.2) is 0 Å². The molecule has 0 atom stereocenters. The van der Waals surface area contributed by atoms with Crippen molar-refractivity contribution < 1.29 is 22.4 Å². The Morgan fingerprint density at radius 1 is 0.960 bits per heavy atom. The Bertz CT molecular complexity index is 898. The van der Waals surface area contributed by atoms with Gasteiger partial charge in [0.1, 0.15) is 5.82 Å². The molecule has 1 heterocycles. The topological polar surface area (TPSA) is 44.9 Å². The second-order valence-corrected chi connectivity index (χ2v) is 5.29. The summed E-state index contributed by atoms with van der Waals surface area (Å²) in [6.07, 6.45) is -2.90. The maximum absolute atomic E-state index is 13.1. The van der Waals surface area contributed by atoms with Crippen LogP contribution >= 0.6 is 0 Å². The van der Waals surface area contributed by atoms with E-state index in [1.54, 1.807) is 24.3 Å². The van der Waals surface area contributed by atoms with Gasteiger partial charge < -0.3 is 10.3 Å². The summed E-state index contributed by atoms with van der Waals surface area (Å²) in [6.45, 7) is 0. The van der Waals surface area contributed by atoms with E-state index < -0.39 is 29.0 Å². The summed E-state index contributed by atoms with van der Waals surface area (Å²) in [4.78, 5) is 14.6. The molecule has 0 saturated carbocycles. The van der Waals surface area contributed by atoms with Crippen LogP contribution in [0.5, 0.6) is 0 Å². The zero-order valence-corrected chi connectivity index (χ0v) is 12.7. The lowest BCUT2D eigenvalue weighted by atomic mass is 10.0. The van der Waals surface area contributed by atoms with E-state index in [1.807, 2.05) is 0 Å². The summed E-state index contributed by atoms with van der Waals surface area (Å²) in [5, 5.41) is 2.49. The molecular weight excluding hydrogens is 336 g/mol. The number of benzene rings is 2. The Labute approximate surface area is 140 Å². The van der Waals surface area contributed by atoms with Crippen molar-refractivity contribution in [2.45, 2.75) is 6.18 Å². The van der Waals surface area contributed by atoms with E-state index in [1.165, 1.54) is 24.3 Å². The number of H-pyrrole nitrogens is 1. The van der Waals surface area contributed by atoms with Crippen molar-refractivity contribution >= 4 is 11.6 Å². The van der Waals surface area contributed by atoms with Crippen LogP contribution < -0.4 is 5.32 Å². The van der Waals surface area contributed by atoms with Crippen LogP contribution in [0.15, 0.2) is 60.9 Å². The lowest BCUT2D eigenvalue weighted by Gasteiger charge is -2.12. The Morgan fingerprint density at radius 2 is 1.64 bits per heavy atom. The predicted molar refractivity (Wildman–Crippen MR) is 85.6 cm³/mol. The van der Waals surface area contributed by atoms with Gasteiger partial charge >= 0.3 is 6.18 Å². The van der Waals surface area contributed by atoms with Crippen LogP contribution in [0.25, 0.3) is 11.1 Å². The Kier molecular flexibility index (Phi) is 4.31. The molecule has 0 aliphatic rings. The highest BCUT2D eigenvalue weighted by molar-refractivity contribution is 6.07. The van der Waals surface area contributed by atoms with Crippen LogP contribution in [0.2, 0.25) is 0 Å². The van der Waals surface area contributed by atoms with Gasteiger partial charge in [-0.15, -0.1) is 0 Å². The summed E-state index contributed by atoms with van der Waals surface area (Å²) in [6, 6.07) is 12.2. The monoisotopic (exact) mass is 348 g/mol. The molecule has 3 rings (SSSR count). The minimum Gasteiger partial charge on any atom is -0.366 e. The van der Waals surface area contributed by atoms with Crippen LogP contribution in [0.3, 0.4) is 0 Å². The average molecular weight is 348 g/mol. The molecule has 0 radical (unpaired) electrons. The fourth-order valence-electron chi connectivity index (χ4n) is 2.45. The molecule has 0 bridgehead atoms. The average Bonchev–Trinajstić information content (AvgIpc) is 3.06. The van der Waals surface area contributed by atoms with E-state index in [0.717, 1.165) is 12.4 Å². The molecule has 1 amide bonds. The molecule has 25 heavy (non-hydrogen) atoms. The standard InChI is InChI=1S/C18H12F4N2O/c19-12-7-5-11(6-8-12)13-3-1-2-4-16(13)24-17(25)14-9-23-10-15(14)18(20,21)22/h1-10,23H,(H,24,25). The van der Waals surface area contributed by atoms with Gasteiger partial charge in [-0.2, -0.15) is 13.2 Å². The lowest BCUT2D eigenvalue weighted by Crippen LogP contribution is -2.17. The SMILES string of the molecule is O=C(Nc1ccccc1-c1ccc(F)cc1)c1c[nH]cc1C(F)(F)F. The van der Waals surface area contributed by atoms with Gasteiger partial charge in [-0.05, 0) is 23.8 Å². The quantitative estimate of drug-likeness (QED) is 0.636. The summed E-state index contributed by atoms with van der Waals surface area (Å²) in [5.41, 5.74) is -0.0125. The number of hydrogen-bond acceptors (Lipinski definition) is 1. The number of nitrogens with one attached hydrogen (secondary N) is 2. The third-order valence-corrected chi connectivity index (χ3v) is 3.63. The summed E-state index contributed by atoms with van der Waals surface area (Å²) >= 11 is 0. The number of rotatable bonds is 3. The maximum Gasteiger partial charge on any atom is 0.418 e. The minimum absolute atomic E-state index is 0.327. The molecule has 7 heteroatoms. The molecule has 2 N–H and O–H groups in total. The van der Waals surface area contributed by atoms with Gasteiger partial charge in [-0.25, -0.2) is 4.39 Å². The first kappa shape index (κ1) is 16.8. The lowest BCUT2D eigenvalue weighted by molar-refractivity contribution is -0.137. The van der Waals surface area contributed by atoms with Crippen molar-refractivity contribution in [1.29, 1.82) is 0 Å². The third kappa shape index (κ3) is 3.55. The number of alkyl halides is 3. The van der Waals surface area contributed by atoms with E-state index in [2.05, 4.69) is 10.3 Å². The van der Waals surface area contributed by atoms with E-state index in [0.29, 0.717) is 16.8 Å². The van der Waals surface area contributed by atoms with E-state index in [-0.39, 0.29) is 0 Å². The molecule has 0 unspecified atom stereocenters. The highest BCUT2D eigenvalue weighted by atomic mass is 19.4. The number of carbonyl (C=O) groups is 1. The largest absolute Gasteiger partial charge is 0.418 e. The van der Waals surface area contributed by atoms with Crippen molar-refractivity contribution in [3.05, 3.63) is 77.9 Å². The first-order valence-electron chi connectivity index (χ1n) is 7.26. The van der Waals surface area contributed by atoms with Crippen LogP contribution in [0, 0.1) is 5.82 Å². The Balaban J connectivity index is 1.93. The number of anilines is 1. The normalized spacial score (nSPS) is 11.4. The smallest absolute Gasteiger partial charge is 0.366 e. The number of para-hydroxylation sites is 1. The van der Waals surface area contributed by atoms with Crippen molar-refractivity contribution in [2.75, 3.05) is 5.32 Å². The second kappa shape index (κ2) is 6.43. The number of aromatic nitrogens is 1. The van der Waals surface area contributed by atoms with Gasteiger partial charge in [-0.1, -0.05) is 30.3 Å². The van der Waals surface area contributed by atoms with Gasteiger partial charge in [0.05, 0.1) is 11.1 Å². The number of carbonyl (C=O) groups excluding carboxylic acids is 1. The zero-order chi connectivity index (χ0) is 18.0. The fraction of sp³-hybridized carbons (Fsp3) is 0.0556. The molecule has 0 aliphatic heterocycles. The zero-order valence-electron chi connectivity index (χ0n) is 12.7. The fourth-order valence-corrected chi connectivity index (χ4v) is 2.45. The highest BCUT2D eigenvalue weighted by Crippen LogP contribution is 2.33. The van der Waals surface area contributed by atoms with Crippen LogP contribution in [0.1, 0.15) is 15.9 Å². The van der Waals surface area contributed by atoms with Gasteiger partial charge in [-0.3, -0.25) is 4.79 Å². The van der Waals surface area contributed by atoms with Crippen LogP contribution in [-0.2, 0) is 6.18 Å². The van der Waals surface area contributed by atoms with Crippen LogP contribution in [0.4, 0.5) is 23.2 Å². The minimum atomic E-state index is -4.64. The molecule has 2 aromatic carbocycles. The molecule has 0 saturated heterocycles. The Morgan fingerprint density at radius 3 is 2.32 bits per heavy atom. The van der Waals surface area contributed by atoms with E-state index >= 15 is 0 Å². The second-order valence-electron chi connectivity index (χ2n) is 5.29. The van der Waals surface area contributed by atoms with Crippen molar-refractivity contribution in [2.24, 2.45) is 0 Å². The maximum atomic E-state index is 13.1. The van der Waals surface area contributed by atoms with Crippen LogP contribution in [-0.4, -0.2) is 10.9 Å². The molecule has 0 aliphatic carbocycles. The van der Waals surface area contributed by atoms with Crippen molar-refractivity contribution in [3.8, 4) is 11.1 Å². The third-order valence-electron chi connectivity index (χ3n) is 3.63. The number of halogens is 4. The van der Waals surface area contributed by atoms with Crippen molar-refractivity contribution in [3.63, 3.8) is 0 Å². The van der Waals surface area contributed by atoms with Gasteiger partial charge in [0.2, 0.25) is 0 Å². The summed E-state index contributed by atoms with van der Waals surface area (Å²) in [5.74, 6) is -1.30. The molecular formula is C18H12F4N2O. The van der Waals surface area contributed by atoms with Crippen molar-refractivity contribution in [1.82, 2.24) is 4.98 Å². The van der Waals surface area contributed by atoms with E-state index in [4.69, 9.17) is 0 Å². The molecule has 0 spiro atoms. The predicted octanol–water partition coefficient (Wildman–Crippen LogP) is 5.09. The van der Waals surface area contributed by atoms with E-state index in [9.17, 15) is 22.4 Å². The molecule has 3 aromatic rings.